The number of ether oxygens (including phenoxy) is 1. The number of hydrogen-bond acceptors (Lipinski definition) is 4. The molecular weight excluding hydrogens is 186 g/mol. The van der Waals surface area contributed by atoms with Crippen LogP contribution in [0.15, 0.2) is 18.2 Å². The fourth-order valence-electron chi connectivity index (χ4n) is 1.46. The molecule has 0 amide bonds. The Labute approximate surface area is 79.1 Å². The first-order valence-corrected chi connectivity index (χ1v) is 3.93. The third-order valence-corrected chi connectivity index (χ3v) is 2.07. The number of nitrogen functional groups attached to an aromatic ring is 1. The Balaban J connectivity index is 2.62. The lowest BCUT2D eigenvalue weighted by molar-refractivity contribution is -0.146. The summed E-state index contributed by atoms with van der Waals surface area (Å²) < 4.78 is 4.66. The highest BCUT2D eigenvalue weighted by Gasteiger charge is 2.37. The number of esters is 1. The molecule has 0 aromatic heterocycles. The second kappa shape index (κ2) is 2.73. The van der Waals surface area contributed by atoms with Crippen molar-refractivity contribution in [3.05, 3.63) is 29.3 Å². The van der Waals surface area contributed by atoms with Crippen LogP contribution in [-0.4, -0.2) is 17.0 Å². The molecule has 1 aliphatic heterocycles. The second-order valence-electron chi connectivity index (χ2n) is 2.93. The van der Waals surface area contributed by atoms with Crippen molar-refractivity contribution in [1.29, 1.82) is 0 Å². The van der Waals surface area contributed by atoms with Gasteiger partial charge in [-0.3, -0.25) is 0 Å². The zero-order valence-corrected chi connectivity index (χ0v) is 7.06. The van der Waals surface area contributed by atoms with E-state index in [1.54, 1.807) is 6.07 Å². The van der Waals surface area contributed by atoms with Crippen molar-refractivity contribution >= 4 is 17.6 Å². The third kappa shape index (κ3) is 1.02. The molecule has 14 heavy (non-hydrogen) atoms. The van der Waals surface area contributed by atoms with Gasteiger partial charge in [-0.05, 0) is 12.1 Å². The van der Waals surface area contributed by atoms with Crippen molar-refractivity contribution in [3.8, 4) is 0 Å². The molecule has 2 rings (SSSR count). The van der Waals surface area contributed by atoms with Crippen LogP contribution in [0.5, 0.6) is 0 Å². The molecule has 1 atom stereocenters. The Hall–Kier alpha value is -2.04. The maximum absolute atomic E-state index is 11.2. The number of rotatable bonds is 1. The molecule has 0 aliphatic carbocycles. The van der Waals surface area contributed by atoms with E-state index in [0.29, 0.717) is 0 Å². The van der Waals surface area contributed by atoms with Gasteiger partial charge in [0.05, 0.1) is 5.56 Å². The summed E-state index contributed by atoms with van der Waals surface area (Å²) in [7, 11) is 0. The Morgan fingerprint density at radius 1 is 1.50 bits per heavy atom. The number of anilines is 1. The SMILES string of the molecule is Nc1cccc2c1C(C(=O)O)OC2=O. The first-order valence-electron chi connectivity index (χ1n) is 3.93. The van der Waals surface area contributed by atoms with Crippen LogP contribution in [0.25, 0.3) is 0 Å². The molecule has 1 aromatic carbocycles. The van der Waals surface area contributed by atoms with Gasteiger partial charge in [-0.1, -0.05) is 6.07 Å². The quantitative estimate of drug-likeness (QED) is 0.502. The van der Waals surface area contributed by atoms with E-state index < -0.39 is 18.0 Å². The lowest BCUT2D eigenvalue weighted by Gasteiger charge is -2.05. The summed E-state index contributed by atoms with van der Waals surface area (Å²) in [4.78, 5) is 21.9. The number of cyclic esters (lactones) is 1. The number of carboxylic acids is 1. The normalized spacial score (nSPS) is 18.9. The Bertz CT molecular complexity index is 427. The Morgan fingerprint density at radius 2 is 2.21 bits per heavy atom. The van der Waals surface area contributed by atoms with Crippen LogP contribution in [0.2, 0.25) is 0 Å². The summed E-state index contributed by atoms with van der Waals surface area (Å²) in [6, 6.07) is 4.62. The third-order valence-electron chi connectivity index (χ3n) is 2.07. The molecule has 5 nitrogen and oxygen atoms in total. The van der Waals surface area contributed by atoms with Crippen LogP contribution < -0.4 is 5.73 Å². The minimum atomic E-state index is -1.27. The Kier molecular flexibility index (Phi) is 1.67. The summed E-state index contributed by atoms with van der Waals surface area (Å²) >= 11 is 0. The number of benzene rings is 1. The zero-order valence-electron chi connectivity index (χ0n) is 7.06. The van der Waals surface area contributed by atoms with Crippen molar-refractivity contribution in [3.63, 3.8) is 0 Å². The molecule has 1 aliphatic rings. The highest BCUT2D eigenvalue weighted by molar-refractivity contribution is 6.00. The standard InChI is InChI=1S/C9H7NO4/c10-5-3-1-2-4-6(5)7(8(11)12)14-9(4)13/h1-3,7H,10H2,(H,11,12). The largest absolute Gasteiger partial charge is 0.478 e. The van der Waals surface area contributed by atoms with E-state index in [0.717, 1.165) is 0 Å². The minimum Gasteiger partial charge on any atom is -0.478 e. The van der Waals surface area contributed by atoms with Crippen LogP contribution in [0.1, 0.15) is 22.0 Å². The van der Waals surface area contributed by atoms with Crippen molar-refractivity contribution < 1.29 is 19.4 Å². The number of hydrogen-bond donors (Lipinski definition) is 2. The predicted molar refractivity (Wildman–Crippen MR) is 46.6 cm³/mol. The number of fused-ring (bicyclic) bond motifs is 1. The molecule has 5 heteroatoms. The van der Waals surface area contributed by atoms with Gasteiger partial charge in [-0.2, -0.15) is 0 Å². The van der Waals surface area contributed by atoms with Crippen molar-refractivity contribution in [1.82, 2.24) is 0 Å². The van der Waals surface area contributed by atoms with Crippen LogP contribution >= 0.6 is 0 Å². The van der Waals surface area contributed by atoms with Gasteiger partial charge in [0.15, 0.2) is 0 Å². The van der Waals surface area contributed by atoms with E-state index in [-0.39, 0.29) is 16.8 Å². The average molecular weight is 193 g/mol. The van der Waals surface area contributed by atoms with Gasteiger partial charge in [0.25, 0.3) is 0 Å². The number of nitrogens with two attached hydrogens (primary N) is 1. The second-order valence-corrected chi connectivity index (χ2v) is 2.93. The summed E-state index contributed by atoms with van der Waals surface area (Å²) in [5.41, 5.74) is 6.32. The smallest absolute Gasteiger partial charge is 0.349 e. The van der Waals surface area contributed by atoms with Crippen LogP contribution in [0, 0.1) is 0 Å². The lowest BCUT2D eigenvalue weighted by Crippen LogP contribution is -2.12. The maximum Gasteiger partial charge on any atom is 0.349 e. The maximum atomic E-state index is 11.2. The predicted octanol–water partition coefficient (Wildman–Crippen LogP) is 0.565. The van der Waals surface area contributed by atoms with E-state index >= 15 is 0 Å². The molecule has 0 spiro atoms. The van der Waals surface area contributed by atoms with E-state index in [4.69, 9.17) is 10.8 Å². The number of aliphatic carboxylic acids is 1. The van der Waals surface area contributed by atoms with Crippen molar-refractivity contribution in [2.75, 3.05) is 5.73 Å². The molecule has 0 radical (unpaired) electrons. The zero-order chi connectivity index (χ0) is 10.3. The van der Waals surface area contributed by atoms with Gasteiger partial charge in [-0.25, -0.2) is 9.59 Å². The minimum absolute atomic E-state index is 0.234. The molecule has 0 bridgehead atoms. The lowest BCUT2D eigenvalue weighted by atomic mass is 10.0. The van der Waals surface area contributed by atoms with Crippen LogP contribution in [0.3, 0.4) is 0 Å². The average Bonchev–Trinajstić information content (AvgIpc) is 2.46. The van der Waals surface area contributed by atoms with Gasteiger partial charge in [0.2, 0.25) is 6.10 Å². The summed E-state index contributed by atoms with van der Waals surface area (Å²) in [5.74, 6) is -1.85. The fourth-order valence-corrected chi connectivity index (χ4v) is 1.46. The molecule has 0 saturated heterocycles. The summed E-state index contributed by atoms with van der Waals surface area (Å²) in [6.45, 7) is 0. The van der Waals surface area contributed by atoms with Crippen LogP contribution in [-0.2, 0) is 9.53 Å². The molecule has 72 valence electrons. The van der Waals surface area contributed by atoms with E-state index in [9.17, 15) is 9.59 Å². The van der Waals surface area contributed by atoms with Gasteiger partial charge in [0.1, 0.15) is 0 Å². The van der Waals surface area contributed by atoms with Gasteiger partial charge >= 0.3 is 11.9 Å². The summed E-state index contributed by atoms with van der Waals surface area (Å²) in [5, 5.41) is 8.77. The van der Waals surface area contributed by atoms with Gasteiger partial charge < -0.3 is 15.6 Å². The topological polar surface area (TPSA) is 89.6 Å². The Morgan fingerprint density at radius 3 is 2.86 bits per heavy atom. The molecule has 3 N–H and O–H groups in total. The van der Waals surface area contributed by atoms with Crippen LogP contribution in [0.4, 0.5) is 5.69 Å². The summed E-state index contributed by atoms with van der Waals surface area (Å²) in [6.07, 6.45) is -1.27. The van der Waals surface area contributed by atoms with E-state index in [1.165, 1.54) is 12.1 Å². The monoisotopic (exact) mass is 193 g/mol. The van der Waals surface area contributed by atoms with Gasteiger partial charge in [0, 0.05) is 11.3 Å². The molecule has 0 saturated carbocycles. The molecular formula is C9H7NO4. The van der Waals surface area contributed by atoms with E-state index in [1.807, 2.05) is 0 Å². The molecule has 1 unspecified atom stereocenters. The number of carbonyl (C=O) groups is 2. The number of carbonyl (C=O) groups excluding carboxylic acids is 1. The molecule has 0 fully saturated rings. The first kappa shape index (κ1) is 8.55. The molecule has 1 aromatic rings. The number of carboxylic acid groups (broad SMARTS) is 1. The highest BCUT2D eigenvalue weighted by Crippen LogP contribution is 2.34. The van der Waals surface area contributed by atoms with E-state index in [2.05, 4.69) is 4.74 Å². The van der Waals surface area contributed by atoms with Crippen molar-refractivity contribution in [2.24, 2.45) is 0 Å². The highest BCUT2D eigenvalue weighted by atomic mass is 16.6. The fraction of sp³-hybridized carbons (Fsp3) is 0.111. The molecule has 1 heterocycles. The van der Waals surface area contributed by atoms with Gasteiger partial charge in [-0.15, -0.1) is 0 Å². The first-order chi connectivity index (χ1) is 6.61. The van der Waals surface area contributed by atoms with Crippen molar-refractivity contribution in [2.45, 2.75) is 6.10 Å².